The van der Waals surface area contributed by atoms with Gasteiger partial charge in [-0.15, -0.1) is 0 Å². The lowest BCUT2D eigenvalue weighted by atomic mass is 10.1. The minimum Gasteiger partial charge on any atom is -0.457 e. The van der Waals surface area contributed by atoms with Gasteiger partial charge in [-0.3, -0.25) is 4.79 Å². The zero-order valence-electron chi connectivity index (χ0n) is 22.4. The van der Waals surface area contributed by atoms with Crippen molar-refractivity contribution in [2.75, 3.05) is 29.9 Å². The van der Waals surface area contributed by atoms with Gasteiger partial charge < -0.3 is 20.3 Å². The molecule has 1 amide bonds. The number of pyridine rings is 2. The minimum absolute atomic E-state index is 0.157. The van der Waals surface area contributed by atoms with Crippen LogP contribution in [0.1, 0.15) is 18.4 Å². The lowest BCUT2D eigenvalue weighted by Crippen LogP contribution is -2.25. The number of amides is 1. The van der Waals surface area contributed by atoms with Crippen LogP contribution in [-0.2, 0) is 4.79 Å². The van der Waals surface area contributed by atoms with Gasteiger partial charge in [0.1, 0.15) is 35.5 Å². The van der Waals surface area contributed by atoms with Crippen LogP contribution < -0.4 is 20.3 Å². The minimum atomic E-state index is -0.458. The molecule has 2 N–H and O–H groups in total. The Morgan fingerprint density at radius 1 is 1.20 bits per heavy atom. The van der Waals surface area contributed by atoms with Crippen molar-refractivity contribution in [1.29, 1.82) is 0 Å². The van der Waals surface area contributed by atoms with Crippen molar-refractivity contribution in [2.24, 2.45) is 5.92 Å². The molecule has 1 saturated heterocycles. The molecular weight excluding hydrogens is 525 g/mol. The van der Waals surface area contributed by atoms with E-state index in [9.17, 15) is 4.79 Å². The van der Waals surface area contributed by atoms with Crippen LogP contribution in [0.4, 0.5) is 21.7 Å². The molecule has 4 aromatic heterocycles. The van der Waals surface area contributed by atoms with Crippen molar-refractivity contribution in [3.8, 4) is 11.5 Å². The SMILES string of the molecule is C=CC(=O)NCC[C@H]1CCN(c2ccc3ncnc(Nc4ccc(Oc5ccn6ncnc6c5)c(C)c4F)c3n2)C1. The number of carbonyl (C=O) groups is 1. The van der Waals surface area contributed by atoms with Gasteiger partial charge in [0, 0.05) is 37.5 Å². The summed E-state index contributed by atoms with van der Waals surface area (Å²) in [6.45, 7) is 7.44. The van der Waals surface area contributed by atoms with Crippen LogP contribution in [-0.4, -0.2) is 55.1 Å². The topological polar surface area (TPSA) is 122 Å². The molecule has 11 nitrogen and oxygen atoms in total. The van der Waals surface area contributed by atoms with Gasteiger partial charge in [0.15, 0.2) is 17.3 Å². The van der Waals surface area contributed by atoms with Crippen LogP contribution in [0.15, 0.2) is 67.9 Å². The quantitative estimate of drug-likeness (QED) is 0.253. The van der Waals surface area contributed by atoms with E-state index in [1.54, 1.807) is 41.9 Å². The van der Waals surface area contributed by atoms with E-state index in [1.807, 2.05) is 12.1 Å². The molecule has 0 aliphatic carbocycles. The predicted molar refractivity (Wildman–Crippen MR) is 153 cm³/mol. The van der Waals surface area contributed by atoms with E-state index in [2.05, 4.69) is 42.2 Å². The molecule has 1 aromatic carbocycles. The van der Waals surface area contributed by atoms with E-state index in [-0.39, 0.29) is 11.6 Å². The van der Waals surface area contributed by atoms with Crippen molar-refractivity contribution in [3.05, 3.63) is 79.3 Å². The third-order valence-electron chi connectivity index (χ3n) is 7.18. The molecule has 1 atom stereocenters. The van der Waals surface area contributed by atoms with Crippen molar-refractivity contribution < 1.29 is 13.9 Å². The van der Waals surface area contributed by atoms with Gasteiger partial charge in [0.25, 0.3) is 0 Å². The number of fused-ring (bicyclic) bond motifs is 2. The highest BCUT2D eigenvalue weighted by molar-refractivity contribution is 5.88. The third kappa shape index (κ3) is 5.49. The molecule has 5 heterocycles. The second kappa shape index (κ2) is 11.2. The zero-order valence-corrected chi connectivity index (χ0v) is 22.4. The predicted octanol–water partition coefficient (Wildman–Crippen LogP) is 4.57. The van der Waals surface area contributed by atoms with Gasteiger partial charge in [0.05, 0.1) is 11.2 Å². The number of anilines is 3. The Bertz CT molecular complexity index is 1760. The van der Waals surface area contributed by atoms with E-state index in [0.717, 1.165) is 31.7 Å². The first-order valence-corrected chi connectivity index (χ1v) is 13.3. The van der Waals surface area contributed by atoms with Crippen molar-refractivity contribution >= 4 is 39.9 Å². The van der Waals surface area contributed by atoms with Crippen LogP contribution in [0.3, 0.4) is 0 Å². The summed E-state index contributed by atoms with van der Waals surface area (Å²) in [5.41, 5.74) is 2.41. The van der Waals surface area contributed by atoms with Gasteiger partial charge in [-0.25, -0.2) is 28.8 Å². The number of rotatable bonds is 9. The van der Waals surface area contributed by atoms with E-state index in [4.69, 9.17) is 9.72 Å². The monoisotopic (exact) mass is 553 g/mol. The van der Waals surface area contributed by atoms with Gasteiger partial charge in [-0.1, -0.05) is 6.58 Å². The summed E-state index contributed by atoms with van der Waals surface area (Å²) < 4.78 is 23.1. The van der Waals surface area contributed by atoms with Crippen molar-refractivity contribution in [1.82, 2.24) is 34.9 Å². The highest BCUT2D eigenvalue weighted by Crippen LogP contribution is 2.33. The van der Waals surface area contributed by atoms with Crippen LogP contribution in [0.2, 0.25) is 0 Å². The number of nitrogens with one attached hydrogen (secondary N) is 2. The first-order chi connectivity index (χ1) is 20.0. The first-order valence-electron chi connectivity index (χ1n) is 13.3. The summed E-state index contributed by atoms with van der Waals surface area (Å²) >= 11 is 0. The summed E-state index contributed by atoms with van der Waals surface area (Å²) in [6.07, 6.45) is 7.78. The van der Waals surface area contributed by atoms with Crippen LogP contribution >= 0.6 is 0 Å². The van der Waals surface area contributed by atoms with Crippen LogP contribution in [0.5, 0.6) is 11.5 Å². The van der Waals surface area contributed by atoms with E-state index in [1.165, 1.54) is 18.7 Å². The molecule has 12 heteroatoms. The fourth-order valence-corrected chi connectivity index (χ4v) is 4.93. The summed E-state index contributed by atoms with van der Waals surface area (Å²) in [4.78, 5) is 31.3. The zero-order chi connectivity index (χ0) is 28.3. The summed E-state index contributed by atoms with van der Waals surface area (Å²) in [5.74, 6) is 1.95. The number of hydrogen-bond donors (Lipinski definition) is 2. The molecule has 0 bridgehead atoms. The number of ether oxygens (including phenoxy) is 1. The Morgan fingerprint density at radius 3 is 2.98 bits per heavy atom. The maximum absolute atomic E-state index is 15.5. The van der Waals surface area contributed by atoms with Crippen molar-refractivity contribution in [3.63, 3.8) is 0 Å². The molecular formula is C29H28FN9O2. The molecule has 0 saturated carbocycles. The lowest BCUT2D eigenvalue weighted by Gasteiger charge is -2.19. The summed E-state index contributed by atoms with van der Waals surface area (Å²) in [5, 5.41) is 10.0. The summed E-state index contributed by atoms with van der Waals surface area (Å²) in [7, 11) is 0. The normalized spacial score (nSPS) is 14.9. The highest BCUT2D eigenvalue weighted by atomic mass is 19.1. The van der Waals surface area contributed by atoms with Gasteiger partial charge >= 0.3 is 0 Å². The van der Waals surface area contributed by atoms with E-state index < -0.39 is 5.82 Å². The van der Waals surface area contributed by atoms with Crippen LogP contribution in [0.25, 0.3) is 16.7 Å². The molecule has 6 rings (SSSR count). The summed E-state index contributed by atoms with van der Waals surface area (Å²) in [6, 6.07) is 10.6. The van der Waals surface area contributed by atoms with Gasteiger partial charge in [-0.05, 0) is 62.1 Å². The Kier molecular flexibility index (Phi) is 7.11. The number of benzene rings is 1. The molecule has 1 aliphatic heterocycles. The molecule has 0 spiro atoms. The second-order valence-corrected chi connectivity index (χ2v) is 9.85. The standard InChI is InChI=1S/C29H28FN9O2/c1-3-26(40)31-11-8-19-9-12-38(15-19)24-7-5-22-28(37-24)29(34-16-32-22)36-21-4-6-23(18(2)27(21)30)41-20-10-13-39-25(14-20)33-17-35-39/h3-7,10,13-14,16-17,19H,1,8-9,11-12,15H2,2H3,(H,31,40)(H,32,34,36)/t19-/m0/s1. The molecule has 5 aromatic rings. The van der Waals surface area contributed by atoms with E-state index in [0.29, 0.717) is 52.0 Å². The fraction of sp³-hybridized carbons (Fsp3) is 0.241. The average Bonchev–Trinajstić information content (AvgIpc) is 3.66. The maximum Gasteiger partial charge on any atom is 0.243 e. The molecule has 41 heavy (non-hydrogen) atoms. The lowest BCUT2D eigenvalue weighted by molar-refractivity contribution is -0.116. The number of carbonyl (C=O) groups excluding carboxylic acids is 1. The highest BCUT2D eigenvalue weighted by Gasteiger charge is 2.24. The molecule has 0 unspecified atom stereocenters. The maximum atomic E-state index is 15.5. The Morgan fingerprint density at radius 2 is 2.10 bits per heavy atom. The number of aromatic nitrogens is 6. The third-order valence-corrected chi connectivity index (χ3v) is 7.18. The second-order valence-electron chi connectivity index (χ2n) is 9.85. The van der Waals surface area contributed by atoms with E-state index >= 15 is 4.39 Å². The Balaban J connectivity index is 1.19. The number of nitrogens with zero attached hydrogens (tertiary/aromatic N) is 7. The largest absolute Gasteiger partial charge is 0.457 e. The van der Waals surface area contributed by atoms with Gasteiger partial charge in [-0.2, -0.15) is 5.10 Å². The first kappa shape index (κ1) is 26.1. The number of hydrogen-bond acceptors (Lipinski definition) is 9. The molecule has 208 valence electrons. The Labute approximate surface area is 235 Å². The molecule has 0 radical (unpaired) electrons. The van der Waals surface area contributed by atoms with Gasteiger partial charge in [0.2, 0.25) is 5.91 Å². The van der Waals surface area contributed by atoms with Crippen LogP contribution in [0, 0.1) is 18.7 Å². The Hall–Kier alpha value is -5.13. The average molecular weight is 554 g/mol. The fourth-order valence-electron chi connectivity index (χ4n) is 4.93. The molecule has 1 fully saturated rings. The molecule has 1 aliphatic rings. The number of halogens is 1. The smallest absolute Gasteiger partial charge is 0.243 e. The van der Waals surface area contributed by atoms with Crippen molar-refractivity contribution in [2.45, 2.75) is 19.8 Å².